The van der Waals surface area contributed by atoms with E-state index >= 15 is 0 Å². The van der Waals surface area contributed by atoms with Gasteiger partial charge in [-0.3, -0.25) is 0 Å². The molecule has 0 radical (unpaired) electrons. The summed E-state index contributed by atoms with van der Waals surface area (Å²) in [6.07, 6.45) is 4.90. The van der Waals surface area contributed by atoms with E-state index in [1.165, 1.54) is 49.6 Å². The van der Waals surface area contributed by atoms with Crippen LogP contribution in [0, 0.1) is 0 Å². The monoisotopic (exact) mass is 267 g/mol. The predicted molar refractivity (Wildman–Crippen MR) is 78.1 cm³/mol. The van der Waals surface area contributed by atoms with Crippen LogP contribution in [0.15, 0.2) is 5.38 Å². The summed E-state index contributed by atoms with van der Waals surface area (Å²) in [6, 6.07) is 0.685. The van der Waals surface area contributed by atoms with Crippen molar-refractivity contribution in [3.8, 4) is 0 Å². The molecule has 1 aliphatic heterocycles. The number of rotatable bonds is 6. The van der Waals surface area contributed by atoms with E-state index < -0.39 is 0 Å². The van der Waals surface area contributed by atoms with Crippen LogP contribution in [0.3, 0.4) is 0 Å². The van der Waals surface area contributed by atoms with Crippen molar-refractivity contribution in [2.75, 3.05) is 19.6 Å². The third-order valence-electron chi connectivity index (χ3n) is 3.60. The highest BCUT2D eigenvalue weighted by atomic mass is 32.1. The van der Waals surface area contributed by atoms with Crippen molar-refractivity contribution in [2.45, 2.75) is 52.1 Å². The summed E-state index contributed by atoms with van der Waals surface area (Å²) >= 11 is 1.78. The van der Waals surface area contributed by atoms with Crippen LogP contribution in [0.4, 0.5) is 0 Å². The molecule has 1 N–H and O–H groups in total. The molecule has 2 heterocycles. The lowest BCUT2D eigenvalue weighted by Crippen LogP contribution is -2.42. The molecule has 4 heteroatoms. The maximum absolute atomic E-state index is 4.60. The Kier molecular flexibility index (Phi) is 5.60. The van der Waals surface area contributed by atoms with E-state index in [9.17, 15) is 0 Å². The number of aryl methyl sites for hydroxylation is 1. The van der Waals surface area contributed by atoms with Gasteiger partial charge in [0, 0.05) is 18.0 Å². The molecule has 0 atom stereocenters. The molecule has 0 aliphatic carbocycles. The number of nitrogens with one attached hydrogen (secondary N) is 1. The quantitative estimate of drug-likeness (QED) is 0.859. The average Bonchev–Trinajstić information content (AvgIpc) is 2.86. The van der Waals surface area contributed by atoms with Crippen LogP contribution in [0.2, 0.25) is 0 Å². The first-order valence-corrected chi connectivity index (χ1v) is 8.08. The summed E-state index contributed by atoms with van der Waals surface area (Å²) < 4.78 is 0. The SMILES string of the molecule is CCCN1CCC(NCc2csc(CC)n2)CC1. The molecule has 1 aromatic heterocycles. The number of aromatic nitrogens is 1. The van der Waals surface area contributed by atoms with Gasteiger partial charge in [-0.2, -0.15) is 0 Å². The zero-order valence-corrected chi connectivity index (χ0v) is 12.4. The van der Waals surface area contributed by atoms with Crippen LogP contribution in [0.25, 0.3) is 0 Å². The van der Waals surface area contributed by atoms with Gasteiger partial charge in [-0.25, -0.2) is 4.98 Å². The Morgan fingerprint density at radius 1 is 1.39 bits per heavy atom. The first-order valence-electron chi connectivity index (χ1n) is 7.20. The second-order valence-corrected chi connectivity index (χ2v) is 6.03. The number of piperidine rings is 1. The molecule has 0 bridgehead atoms. The summed E-state index contributed by atoms with van der Waals surface area (Å²) in [5, 5.41) is 7.10. The Labute approximate surface area is 115 Å². The summed E-state index contributed by atoms with van der Waals surface area (Å²) in [5.41, 5.74) is 1.22. The highest BCUT2D eigenvalue weighted by Crippen LogP contribution is 2.13. The molecule has 0 saturated carbocycles. The Morgan fingerprint density at radius 2 is 2.17 bits per heavy atom. The summed E-state index contributed by atoms with van der Waals surface area (Å²) in [5.74, 6) is 0. The average molecular weight is 267 g/mol. The number of hydrogen-bond acceptors (Lipinski definition) is 4. The standard InChI is InChI=1S/C14H25N3S/c1-3-7-17-8-5-12(6-9-17)15-10-13-11-18-14(4-2)16-13/h11-12,15H,3-10H2,1-2H3. The third-order valence-corrected chi connectivity index (χ3v) is 4.64. The van der Waals surface area contributed by atoms with Crippen LogP contribution in [-0.4, -0.2) is 35.6 Å². The minimum Gasteiger partial charge on any atom is -0.308 e. The third kappa shape index (κ3) is 4.04. The first-order chi connectivity index (χ1) is 8.81. The Bertz CT molecular complexity index is 343. The molecular weight excluding hydrogens is 242 g/mol. The molecule has 2 rings (SSSR count). The van der Waals surface area contributed by atoms with E-state index in [0.29, 0.717) is 6.04 Å². The fraction of sp³-hybridized carbons (Fsp3) is 0.786. The van der Waals surface area contributed by atoms with Crippen molar-refractivity contribution in [3.05, 3.63) is 16.1 Å². The maximum Gasteiger partial charge on any atom is 0.0926 e. The van der Waals surface area contributed by atoms with Crippen molar-refractivity contribution in [2.24, 2.45) is 0 Å². The van der Waals surface area contributed by atoms with Gasteiger partial charge in [0.15, 0.2) is 0 Å². The largest absolute Gasteiger partial charge is 0.308 e. The Morgan fingerprint density at radius 3 is 2.78 bits per heavy atom. The molecule has 0 unspecified atom stereocenters. The van der Waals surface area contributed by atoms with E-state index in [1.807, 2.05) is 0 Å². The number of likely N-dealkylation sites (tertiary alicyclic amines) is 1. The van der Waals surface area contributed by atoms with Crippen LogP contribution in [0.1, 0.15) is 43.8 Å². The fourth-order valence-corrected chi connectivity index (χ4v) is 3.26. The molecule has 1 saturated heterocycles. The fourth-order valence-electron chi connectivity index (χ4n) is 2.52. The van der Waals surface area contributed by atoms with Gasteiger partial charge in [-0.05, 0) is 45.3 Å². The van der Waals surface area contributed by atoms with Gasteiger partial charge in [0.25, 0.3) is 0 Å². The second kappa shape index (κ2) is 7.22. The second-order valence-electron chi connectivity index (χ2n) is 5.08. The summed E-state index contributed by atoms with van der Waals surface area (Å²) in [7, 11) is 0. The molecule has 18 heavy (non-hydrogen) atoms. The minimum absolute atomic E-state index is 0.685. The first kappa shape index (κ1) is 14.0. The zero-order chi connectivity index (χ0) is 12.8. The lowest BCUT2D eigenvalue weighted by Gasteiger charge is -2.32. The lowest BCUT2D eigenvalue weighted by molar-refractivity contribution is 0.197. The van der Waals surface area contributed by atoms with E-state index in [-0.39, 0.29) is 0 Å². The van der Waals surface area contributed by atoms with Crippen molar-refractivity contribution in [1.82, 2.24) is 15.2 Å². The number of thiazole rings is 1. The molecule has 1 fully saturated rings. The molecule has 1 aliphatic rings. The molecule has 0 spiro atoms. The highest BCUT2D eigenvalue weighted by Gasteiger charge is 2.18. The van der Waals surface area contributed by atoms with Gasteiger partial charge in [-0.15, -0.1) is 11.3 Å². The number of hydrogen-bond donors (Lipinski definition) is 1. The van der Waals surface area contributed by atoms with Crippen molar-refractivity contribution < 1.29 is 0 Å². The van der Waals surface area contributed by atoms with Crippen molar-refractivity contribution in [1.29, 1.82) is 0 Å². The van der Waals surface area contributed by atoms with Gasteiger partial charge in [0.1, 0.15) is 0 Å². The van der Waals surface area contributed by atoms with Crippen LogP contribution >= 0.6 is 11.3 Å². The van der Waals surface area contributed by atoms with Gasteiger partial charge in [0.05, 0.1) is 10.7 Å². The van der Waals surface area contributed by atoms with E-state index in [2.05, 4.69) is 34.4 Å². The van der Waals surface area contributed by atoms with Crippen molar-refractivity contribution in [3.63, 3.8) is 0 Å². The molecule has 1 aromatic rings. The Balaban J connectivity index is 1.68. The normalized spacial score (nSPS) is 18.3. The predicted octanol–water partition coefficient (Wildman–Crippen LogP) is 2.67. The van der Waals surface area contributed by atoms with Gasteiger partial charge in [0.2, 0.25) is 0 Å². The van der Waals surface area contributed by atoms with Crippen LogP contribution in [0.5, 0.6) is 0 Å². The van der Waals surface area contributed by atoms with E-state index in [0.717, 1.165) is 13.0 Å². The van der Waals surface area contributed by atoms with Gasteiger partial charge in [-0.1, -0.05) is 13.8 Å². The molecule has 0 aromatic carbocycles. The van der Waals surface area contributed by atoms with Crippen LogP contribution < -0.4 is 5.32 Å². The van der Waals surface area contributed by atoms with E-state index in [1.54, 1.807) is 11.3 Å². The molecular formula is C14H25N3S. The van der Waals surface area contributed by atoms with Crippen molar-refractivity contribution >= 4 is 11.3 Å². The summed E-state index contributed by atoms with van der Waals surface area (Å²) in [6.45, 7) is 9.14. The van der Waals surface area contributed by atoms with Crippen LogP contribution in [-0.2, 0) is 13.0 Å². The minimum atomic E-state index is 0.685. The highest BCUT2D eigenvalue weighted by molar-refractivity contribution is 7.09. The Hall–Kier alpha value is -0.450. The van der Waals surface area contributed by atoms with Gasteiger partial charge >= 0.3 is 0 Å². The van der Waals surface area contributed by atoms with Gasteiger partial charge < -0.3 is 10.2 Å². The molecule has 3 nitrogen and oxygen atoms in total. The maximum atomic E-state index is 4.60. The van der Waals surface area contributed by atoms with E-state index in [4.69, 9.17) is 0 Å². The zero-order valence-electron chi connectivity index (χ0n) is 11.6. The smallest absolute Gasteiger partial charge is 0.0926 e. The molecule has 102 valence electrons. The lowest BCUT2D eigenvalue weighted by atomic mass is 10.0. The number of nitrogens with zero attached hydrogens (tertiary/aromatic N) is 2. The molecule has 0 amide bonds. The topological polar surface area (TPSA) is 28.2 Å². The summed E-state index contributed by atoms with van der Waals surface area (Å²) in [4.78, 5) is 7.18.